The second kappa shape index (κ2) is 4.45. The molecule has 0 bridgehead atoms. The SMILES string of the molecule is Cn1cc(C(=O)Nc2ccsc2)c(C(F)(F)F)n1. The molecule has 0 unspecified atom stereocenters. The zero-order valence-corrected chi connectivity index (χ0v) is 9.97. The van der Waals surface area contributed by atoms with Crippen LogP contribution in [-0.4, -0.2) is 15.7 Å². The highest BCUT2D eigenvalue weighted by Crippen LogP contribution is 2.30. The second-order valence-electron chi connectivity index (χ2n) is 3.53. The molecule has 1 N–H and O–H groups in total. The largest absolute Gasteiger partial charge is 0.435 e. The van der Waals surface area contributed by atoms with Crippen molar-refractivity contribution in [2.24, 2.45) is 7.05 Å². The predicted octanol–water partition coefficient (Wildman–Crippen LogP) is 2.75. The van der Waals surface area contributed by atoms with Crippen LogP contribution in [0.2, 0.25) is 0 Å². The number of hydrogen-bond acceptors (Lipinski definition) is 3. The third-order valence-electron chi connectivity index (χ3n) is 2.12. The van der Waals surface area contributed by atoms with E-state index in [9.17, 15) is 18.0 Å². The summed E-state index contributed by atoms with van der Waals surface area (Å²) in [5.41, 5.74) is -1.21. The maximum absolute atomic E-state index is 12.6. The van der Waals surface area contributed by atoms with E-state index >= 15 is 0 Å². The van der Waals surface area contributed by atoms with Crippen molar-refractivity contribution in [2.45, 2.75) is 6.18 Å². The van der Waals surface area contributed by atoms with Gasteiger partial charge in [0.25, 0.3) is 5.91 Å². The third-order valence-corrected chi connectivity index (χ3v) is 2.80. The van der Waals surface area contributed by atoms with Crippen LogP contribution in [0.3, 0.4) is 0 Å². The van der Waals surface area contributed by atoms with Crippen molar-refractivity contribution < 1.29 is 18.0 Å². The minimum atomic E-state index is -4.65. The fraction of sp³-hybridized carbons (Fsp3) is 0.200. The molecular weight excluding hydrogens is 267 g/mol. The molecule has 0 aromatic carbocycles. The number of halogens is 3. The Labute approximate surface area is 104 Å². The maximum atomic E-state index is 12.6. The lowest BCUT2D eigenvalue weighted by molar-refractivity contribution is -0.141. The number of carbonyl (C=O) groups excluding carboxylic acids is 1. The lowest BCUT2D eigenvalue weighted by Crippen LogP contribution is -2.17. The first kappa shape index (κ1) is 12.6. The van der Waals surface area contributed by atoms with E-state index in [-0.39, 0.29) is 0 Å². The molecule has 8 heteroatoms. The number of amides is 1. The van der Waals surface area contributed by atoms with Crippen LogP contribution >= 0.6 is 11.3 Å². The molecule has 0 fully saturated rings. The molecule has 0 saturated carbocycles. The summed E-state index contributed by atoms with van der Waals surface area (Å²) in [4.78, 5) is 11.7. The zero-order chi connectivity index (χ0) is 13.3. The number of thiophene rings is 1. The van der Waals surface area contributed by atoms with Gasteiger partial charge in [0.05, 0.1) is 11.3 Å². The van der Waals surface area contributed by atoms with Crippen LogP contribution in [0.15, 0.2) is 23.0 Å². The summed E-state index contributed by atoms with van der Waals surface area (Å²) in [5, 5.41) is 8.99. The quantitative estimate of drug-likeness (QED) is 0.916. The Balaban J connectivity index is 2.30. The van der Waals surface area contributed by atoms with Gasteiger partial charge in [-0.25, -0.2) is 0 Å². The average molecular weight is 275 g/mol. The summed E-state index contributed by atoms with van der Waals surface area (Å²) in [5.74, 6) is -0.825. The highest BCUT2D eigenvalue weighted by Gasteiger charge is 2.38. The van der Waals surface area contributed by atoms with Gasteiger partial charge < -0.3 is 5.32 Å². The second-order valence-corrected chi connectivity index (χ2v) is 4.31. The lowest BCUT2D eigenvalue weighted by Gasteiger charge is -2.05. The van der Waals surface area contributed by atoms with Crippen LogP contribution in [0.4, 0.5) is 18.9 Å². The number of carbonyl (C=O) groups is 1. The van der Waals surface area contributed by atoms with Crippen LogP contribution in [0.1, 0.15) is 16.1 Å². The Bertz CT molecular complexity index is 559. The minimum Gasteiger partial charge on any atom is -0.321 e. The number of nitrogens with one attached hydrogen (secondary N) is 1. The van der Waals surface area contributed by atoms with E-state index in [0.29, 0.717) is 5.69 Å². The van der Waals surface area contributed by atoms with Crippen molar-refractivity contribution in [3.63, 3.8) is 0 Å². The molecule has 2 heterocycles. The highest BCUT2D eigenvalue weighted by molar-refractivity contribution is 7.08. The van der Waals surface area contributed by atoms with Gasteiger partial charge in [0.2, 0.25) is 0 Å². The first-order valence-corrected chi connectivity index (χ1v) is 5.76. The van der Waals surface area contributed by atoms with Gasteiger partial charge in [-0.1, -0.05) is 0 Å². The molecule has 96 valence electrons. The summed E-state index contributed by atoms with van der Waals surface area (Å²) >= 11 is 1.33. The van der Waals surface area contributed by atoms with Gasteiger partial charge in [-0.15, -0.1) is 0 Å². The molecule has 4 nitrogen and oxygen atoms in total. The van der Waals surface area contributed by atoms with Gasteiger partial charge in [0, 0.05) is 18.6 Å². The topological polar surface area (TPSA) is 46.9 Å². The number of aryl methyl sites for hydroxylation is 1. The summed E-state index contributed by atoms with van der Waals surface area (Å²) in [6, 6.07) is 1.60. The van der Waals surface area contributed by atoms with E-state index in [4.69, 9.17) is 0 Å². The minimum absolute atomic E-state index is 0.460. The molecule has 2 aromatic rings. The summed E-state index contributed by atoms with van der Waals surface area (Å²) < 4.78 is 38.9. The van der Waals surface area contributed by atoms with E-state index in [1.807, 2.05) is 0 Å². The molecule has 0 aliphatic rings. The molecule has 18 heavy (non-hydrogen) atoms. The number of anilines is 1. The number of aromatic nitrogens is 2. The van der Waals surface area contributed by atoms with Gasteiger partial charge in [-0.2, -0.15) is 29.6 Å². The van der Waals surface area contributed by atoms with Crippen molar-refractivity contribution in [3.8, 4) is 0 Å². The Kier molecular flexibility index (Phi) is 3.12. The Morgan fingerprint density at radius 2 is 2.22 bits per heavy atom. The molecule has 0 radical (unpaired) electrons. The number of alkyl halides is 3. The number of hydrogen-bond donors (Lipinski definition) is 1. The van der Waals surface area contributed by atoms with E-state index in [1.54, 1.807) is 16.8 Å². The van der Waals surface area contributed by atoms with Gasteiger partial charge in [-0.3, -0.25) is 9.48 Å². The summed E-state index contributed by atoms with van der Waals surface area (Å²) in [6.07, 6.45) is -3.60. The van der Waals surface area contributed by atoms with Gasteiger partial charge in [0.15, 0.2) is 5.69 Å². The Morgan fingerprint density at radius 3 is 2.78 bits per heavy atom. The summed E-state index contributed by atoms with van der Waals surface area (Å²) in [7, 11) is 1.33. The van der Waals surface area contributed by atoms with Crippen LogP contribution in [0.25, 0.3) is 0 Å². The number of nitrogens with zero attached hydrogens (tertiary/aromatic N) is 2. The van der Waals surface area contributed by atoms with Crippen molar-refractivity contribution >= 4 is 22.9 Å². The normalized spacial score (nSPS) is 11.6. The van der Waals surface area contributed by atoms with Gasteiger partial charge in [0.1, 0.15) is 0 Å². The molecule has 0 aliphatic carbocycles. The van der Waals surface area contributed by atoms with Crippen LogP contribution in [0.5, 0.6) is 0 Å². The Hall–Kier alpha value is -1.83. The van der Waals surface area contributed by atoms with E-state index < -0.39 is 23.3 Å². The molecule has 0 atom stereocenters. The van der Waals surface area contributed by atoms with Crippen molar-refractivity contribution in [3.05, 3.63) is 34.3 Å². The fourth-order valence-electron chi connectivity index (χ4n) is 1.40. The van der Waals surface area contributed by atoms with Crippen LogP contribution < -0.4 is 5.32 Å². The zero-order valence-electron chi connectivity index (χ0n) is 9.15. The van der Waals surface area contributed by atoms with Crippen LogP contribution in [-0.2, 0) is 13.2 Å². The smallest absolute Gasteiger partial charge is 0.321 e. The molecule has 2 rings (SSSR count). The molecule has 1 amide bonds. The molecule has 2 aromatic heterocycles. The average Bonchev–Trinajstić information content (AvgIpc) is 2.85. The maximum Gasteiger partial charge on any atom is 0.435 e. The molecule has 0 saturated heterocycles. The van der Waals surface area contributed by atoms with Gasteiger partial charge >= 0.3 is 6.18 Å². The Morgan fingerprint density at radius 1 is 1.50 bits per heavy atom. The van der Waals surface area contributed by atoms with Crippen molar-refractivity contribution in [2.75, 3.05) is 5.32 Å². The van der Waals surface area contributed by atoms with E-state index in [2.05, 4.69) is 10.4 Å². The molecule has 0 spiro atoms. The van der Waals surface area contributed by atoms with E-state index in [1.165, 1.54) is 18.4 Å². The highest BCUT2D eigenvalue weighted by atomic mass is 32.1. The number of rotatable bonds is 2. The van der Waals surface area contributed by atoms with Crippen molar-refractivity contribution in [1.29, 1.82) is 0 Å². The van der Waals surface area contributed by atoms with E-state index in [0.717, 1.165) is 10.9 Å². The third kappa shape index (κ3) is 2.53. The molecule has 0 aliphatic heterocycles. The summed E-state index contributed by atoms with van der Waals surface area (Å²) in [6.45, 7) is 0. The van der Waals surface area contributed by atoms with Crippen LogP contribution in [0, 0.1) is 0 Å². The first-order chi connectivity index (χ1) is 8.38. The monoisotopic (exact) mass is 275 g/mol. The molecular formula is C10H8F3N3OS. The predicted molar refractivity (Wildman–Crippen MR) is 60.5 cm³/mol. The standard InChI is InChI=1S/C10H8F3N3OS/c1-16-4-7(8(15-16)10(11,12)13)9(17)14-6-2-3-18-5-6/h2-5H,1H3,(H,14,17). The first-order valence-electron chi connectivity index (χ1n) is 4.82. The van der Waals surface area contributed by atoms with Crippen molar-refractivity contribution in [1.82, 2.24) is 9.78 Å². The fourth-order valence-corrected chi connectivity index (χ4v) is 1.99. The van der Waals surface area contributed by atoms with Gasteiger partial charge in [-0.05, 0) is 11.4 Å². The lowest BCUT2D eigenvalue weighted by atomic mass is 10.2.